The minimum Gasteiger partial charge on any atom is -0.469 e. The van der Waals surface area contributed by atoms with Crippen molar-refractivity contribution in [3.63, 3.8) is 0 Å². The monoisotopic (exact) mass is 263 g/mol. The Balaban J connectivity index is 2.82. The number of methoxy groups -OCH3 is 1. The molecule has 5 nitrogen and oxygen atoms in total. The highest BCUT2D eigenvalue weighted by Gasteiger charge is 2.20. The summed E-state index contributed by atoms with van der Waals surface area (Å²) in [6.45, 7) is 0. The molecule has 0 aromatic carbocycles. The van der Waals surface area contributed by atoms with Gasteiger partial charge in [-0.1, -0.05) is 6.07 Å². The maximum Gasteiger partial charge on any atom is 0.307 e. The predicted octanol–water partition coefficient (Wildman–Crippen LogP) is 0.901. The van der Waals surface area contributed by atoms with Gasteiger partial charge in [0.15, 0.2) is 0 Å². The molecule has 0 saturated carbocycles. The van der Waals surface area contributed by atoms with Gasteiger partial charge in [0.25, 0.3) is 0 Å². The lowest BCUT2D eigenvalue weighted by Gasteiger charge is -2.14. The van der Waals surface area contributed by atoms with Crippen LogP contribution in [0.5, 0.6) is 0 Å². The maximum absolute atomic E-state index is 11.2. The van der Waals surface area contributed by atoms with E-state index in [1.54, 1.807) is 12.1 Å². The molecular formula is C9H13NO4S2. The molecule has 0 bridgehead atoms. The molecule has 0 aliphatic heterocycles. The molecule has 0 aliphatic rings. The van der Waals surface area contributed by atoms with E-state index in [1.807, 2.05) is 5.38 Å². The smallest absolute Gasteiger partial charge is 0.307 e. The first-order chi connectivity index (χ1) is 7.42. The van der Waals surface area contributed by atoms with Crippen LogP contribution in [0.4, 0.5) is 0 Å². The number of nitrogens with one attached hydrogen (secondary N) is 1. The number of sulfonamides is 1. The SMILES string of the molecule is COC(=O)C[C@@H](NS(C)(=O)=O)c1cccs1. The van der Waals surface area contributed by atoms with Crippen LogP contribution in [-0.2, 0) is 19.6 Å². The van der Waals surface area contributed by atoms with Gasteiger partial charge in [-0.25, -0.2) is 13.1 Å². The lowest BCUT2D eigenvalue weighted by atomic mass is 10.2. The van der Waals surface area contributed by atoms with E-state index < -0.39 is 22.0 Å². The normalized spacial score (nSPS) is 13.4. The highest BCUT2D eigenvalue weighted by atomic mass is 32.2. The van der Waals surface area contributed by atoms with Gasteiger partial charge in [0, 0.05) is 4.88 Å². The Hall–Kier alpha value is -0.920. The number of hydrogen-bond donors (Lipinski definition) is 1. The summed E-state index contributed by atoms with van der Waals surface area (Å²) < 4.78 is 29.2. The number of rotatable bonds is 5. The average molecular weight is 263 g/mol. The molecule has 0 aliphatic carbocycles. The van der Waals surface area contributed by atoms with Crippen molar-refractivity contribution in [3.05, 3.63) is 22.4 Å². The van der Waals surface area contributed by atoms with Gasteiger partial charge in [-0.3, -0.25) is 4.79 Å². The fourth-order valence-electron chi connectivity index (χ4n) is 1.20. The highest BCUT2D eigenvalue weighted by Crippen LogP contribution is 2.22. The van der Waals surface area contributed by atoms with Crippen molar-refractivity contribution in [2.75, 3.05) is 13.4 Å². The molecule has 1 aromatic rings. The average Bonchev–Trinajstić information content (AvgIpc) is 2.67. The minimum atomic E-state index is -3.35. The zero-order valence-electron chi connectivity index (χ0n) is 8.97. The third kappa shape index (κ3) is 4.30. The molecule has 0 spiro atoms. The Morgan fingerprint density at radius 2 is 2.31 bits per heavy atom. The van der Waals surface area contributed by atoms with Crippen LogP contribution in [0.2, 0.25) is 0 Å². The van der Waals surface area contributed by atoms with E-state index in [0.29, 0.717) is 0 Å². The first kappa shape index (κ1) is 13.1. The Kier molecular flexibility index (Phi) is 4.45. The summed E-state index contributed by atoms with van der Waals surface area (Å²) in [7, 11) is -2.08. The van der Waals surface area contributed by atoms with Gasteiger partial charge in [-0.2, -0.15) is 0 Å². The predicted molar refractivity (Wildman–Crippen MR) is 61.7 cm³/mol. The largest absolute Gasteiger partial charge is 0.469 e. The van der Waals surface area contributed by atoms with E-state index in [9.17, 15) is 13.2 Å². The molecule has 90 valence electrons. The van der Waals surface area contributed by atoms with Crippen molar-refractivity contribution in [1.29, 1.82) is 0 Å². The van der Waals surface area contributed by atoms with Crippen molar-refractivity contribution in [3.8, 4) is 0 Å². The van der Waals surface area contributed by atoms with E-state index in [4.69, 9.17) is 0 Å². The molecule has 1 heterocycles. The lowest BCUT2D eigenvalue weighted by molar-refractivity contribution is -0.141. The highest BCUT2D eigenvalue weighted by molar-refractivity contribution is 7.88. The second-order valence-electron chi connectivity index (χ2n) is 3.24. The maximum atomic E-state index is 11.2. The fourth-order valence-corrected chi connectivity index (χ4v) is 2.78. The number of carbonyl (C=O) groups is 1. The molecule has 0 amide bonds. The summed E-state index contributed by atoms with van der Waals surface area (Å²) in [4.78, 5) is 11.9. The van der Waals surface area contributed by atoms with Gasteiger partial charge in [0.2, 0.25) is 10.0 Å². The quantitative estimate of drug-likeness (QED) is 0.801. The zero-order valence-corrected chi connectivity index (χ0v) is 10.6. The van der Waals surface area contributed by atoms with Crippen LogP contribution in [0.25, 0.3) is 0 Å². The van der Waals surface area contributed by atoms with Crippen molar-refractivity contribution in [2.45, 2.75) is 12.5 Å². The van der Waals surface area contributed by atoms with Crippen LogP contribution in [0, 0.1) is 0 Å². The standard InChI is InChI=1S/C9H13NO4S2/c1-14-9(11)6-7(10-16(2,12)13)8-4-3-5-15-8/h3-5,7,10H,6H2,1-2H3/t7-/m1/s1. The molecule has 0 fully saturated rings. The van der Waals surface area contributed by atoms with E-state index in [-0.39, 0.29) is 6.42 Å². The first-order valence-corrected chi connectivity index (χ1v) is 7.27. The van der Waals surface area contributed by atoms with Crippen molar-refractivity contribution in [1.82, 2.24) is 4.72 Å². The Labute approximate surface area is 98.5 Å². The van der Waals surface area contributed by atoms with Crippen LogP contribution in [0.3, 0.4) is 0 Å². The van der Waals surface area contributed by atoms with E-state index >= 15 is 0 Å². The van der Waals surface area contributed by atoms with Gasteiger partial charge in [-0.15, -0.1) is 11.3 Å². The first-order valence-electron chi connectivity index (χ1n) is 4.50. The third-order valence-corrected chi connectivity index (χ3v) is 3.54. The van der Waals surface area contributed by atoms with Crippen molar-refractivity contribution >= 4 is 27.3 Å². The summed E-state index contributed by atoms with van der Waals surface area (Å²) in [5.41, 5.74) is 0. The van der Waals surface area contributed by atoms with Gasteiger partial charge < -0.3 is 4.74 Å². The van der Waals surface area contributed by atoms with E-state index in [1.165, 1.54) is 18.4 Å². The molecule has 7 heteroatoms. The lowest BCUT2D eigenvalue weighted by Crippen LogP contribution is -2.28. The van der Waals surface area contributed by atoms with Crippen LogP contribution < -0.4 is 4.72 Å². The molecule has 0 unspecified atom stereocenters. The molecule has 0 saturated heterocycles. The van der Waals surface area contributed by atoms with Crippen molar-refractivity contribution in [2.24, 2.45) is 0 Å². The van der Waals surface area contributed by atoms with Crippen molar-refractivity contribution < 1.29 is 17.9 Å². The topological polar surface area (TPSA) is 72.5 Å². The molecule has 16 heavy (non-hydrogen) atoms. The summed E-state index contributed by atoms with van der Waals surface area (Å²) in [6, 6.07) is 3.02. The van der Waals surface area contributed by atoms with Crippen LogP contribution >= 0.6 is 11.3 Å². The number of esters is 1. The molecule has 1 N–H and O–H groups in total. The Morgan fingerprint density at radius 1 is 1.62 bits per heavy atom. The summed E-state index contributed by atoms with van der Waals surface area (Å²) >= 11 is 1.39. The molecular weight excluding hydrogens is 250 g/mol. The Bertz CT molecular complexity index is 438. The van der Waals surface area contributed by atoms with Gasteiger partial charge in [0.05, 0.1) is 25.8 Å². The number of thiophene rings is 1. The Morgan fingerprint density at radius 3 is 2.75 bits per heavy atom. The summed E-state index contributed by atoms with van der Waals surface area (Å²) in [5, 5.41) is 1.82. The van der Waals surface area contributed by atoms with Crippen LogP contribution in [0.1, 0.15) is 17.3 Å². The molecule has 1 aromatic heterocycles. The zero-order chi connectivity index (χ0) is 12.2. The van der Waals surface area contributed by atoms with Gasteiger partial charge in [-0.05, 0) is 11.4 Å². The fraction of sp³-hybridized carbons (Fsp3) is 0.444. The number of ether oxygens (including phenoxy) is 1. The van der Waals surface area contributed by atoms with Gasteiger partial charge >= 0.3 is 5.97 Å². The van der Waals surface area contributed by atoms with Crippen LogP contribution in [-0.4, -0.2) is 27.8 Å². The second kappa shape index (κ2) is 5.42. The second-order valence-corrected chi connectivity index (χ2v) is 6.00. The molecule has 1 rings (SSSR count). The molecule has 1 atom stereocenters. The third-order valence-electron chi connectivity index (χ3n) is 1.84. The van der Waals surface area contributed by atoms with Crippen LogP contribution in [0.15, 0.2) is 17.5 Å². The minimum absolute atomic E-state index is 0.00984. The summed E-state index contributed by atoms with van der Waals surface area (Å²) in [5.74, 6) is -0.449. The molecule has 0 radical (unpaired) electrons. The van der Waals surface area contributed by atoms with E-state index in [0.717, 1.165) is 11.1 Å². The van der Waals surface area contributed by atoms with Gasteiger partial charge in [0.1, 0.15) is 0 Å². The number of hydrogen-bond acceptors (Lipinski definition) is 5. The number of carbonyl (C=O) groups excluding carboxylic acids is 1. The summed E-state index contributed by atoms with van der Waals surface area (Å²) in [6.07, 6.45) is 1.05. The van der Waals surface area contributed by atoms with E-state index in [2.05, 4.69) is 9.46 Å².